The molecule has 8 heteroatoms. The third-order valence-electron chi connectivity index (χ3n) is 6.99. The van der Waals surface area contributed by atoms with E-state index < -0.39 is 11.1 Å². The first-order valence-electron chi connectivity index (χ1n) is 9.89. The summed E-state index contributed by atoms with van der Waals surface area (Å²) < 4.78 is 7.38. The number of alkyl carbamates (subject to hydrolysis) is 1. The summed E-state index contributed by atoms with van der Waals surface area (Å²) in [5.74, 6) is 0.127. The van der Waals surface area contributed by atoms with Crippen LogP contribution in [0.3, 0.4) is 0 Å². The molecule has 1 saturated carbocycles. The first kappa shape index (κ1) is 18.5. The van der Waals surface area contributed by atoms with Gasteiger partial charge < -0.3 is 15.0 Å². The normalized spacial score (nSPS) is 30.3. The number of hydrogen-bond acceptors (Lipinski definition) is 4. The van der Waals surface area contributed by atoms with Gasteiger partial charge >= 0.3 is 6.09 Å². The number of amides is 2. The summed E-state index contributed by atoms with van der Waals surface area (Å²) in [5, 5.41) is 7.63. The molecule has 0 bridgehead atoms. The molecule has 29 heavy (non-hydrogen) atoms. The van der Waals surface area contributed by atoms with Crippen LogP contribution in [0.25, 0.3) is 0 Å². The SMILES string of the molecule is Cn1ncc(Cl)c1CC1(C)c2ccccc2C(=O)N1CC1CCC12CNC(=O)O2. The number of benzene rings is 1. The van der Waals surface area contributed by atoms with E-state index in [1.165, 1.54) is 0 Å². The highest BCUT2D eigenvalue weighted by atomic mass is 35.5. The van der Waals surface area contributed by atoms with Gasteiger partial charge in [0.25, 0.3) is 5.91 Å². The Balaban J connectivity index is 1.51. The summed E-state index contributed by atoms with van der Waals surface area (Å²) in [6, 6.07) is 7.76. The van der Waals surface area contributed by atoms with Crippen LogP contribution in [-0.2, 0) is 23.7 Å². The van der Waals surface area contributed by atoms with Gasteiger partial charge in [-0.2, -0.15) is 5.10 Å². The molecule has 3 aliphatic rings. The first-order chi connectivity index (χ1) is 13.8. The number of fused-ring (bicyclic) bond motifs is 1. The van der Waals surface area contributed by atoms with Gasteiger partial charge in [-0.15, -0.1) is 0 Å². The Labute approximate surface area is 174 Å². The van der Waals surface area contributed by atoms with Crippen LogP contribution >= 0.6 is 11.6 Å². The van der Waals surface area contributed by atoms with Gasteiger partial charge in [0.1, 0.15) is 5.60 Å². The largest absolute Gasteiger partial charge is 0.441 e. The molecule has 1 aromatic heterocycles. The van der Waals surface area contributed by atoms with E-state index in [2.05, 4.69) is 17.3 Å². The highest BCUT2D eigenvalue weighted by Crippen LogP contribution is 2.48. The summed E-state index contributed by atoms with van der Waals surface area (Å²) in [6.45, 7) is 3.13. The maximum absolute atomic E-state index is 13.4. The lowest BCUT2D eigenvalue weighted by Gasteiger charge is -2.48. The summed E-state index contributed by atoms with van der Waals surface area (Å²) in [4.78, 5) is 27.0. The summed E-state index contributed by atoms with van der Waals surface area (Å²) in [6.07, 6.45) is 3.59. The van der Waals surface area contributed by atoms with Crippen LogP contribution < -0.4 is 5.32 Å². The van der Waals surface area contributed by atoms with Crippen LogP contribution in [0.15, 0.2) is 30.5 Å². The Morgan fingerprint density at radius 2 is 2.14 bits per heavy atom. The highest BCUT2D eigenvalue weighted by Gasteiger charge is 2.57. The van der Waals surface area contributed by atoms with Gasteiger partial charge in [0, 0.05) is 31.5 Å². The summed E-state index contributed by atoms with van der Waals surface area (Å²) in [7, 11) is 1.86. The number of aryl methyl sites for hydroxylation is 1. The Hall–Kier alpha value is -2.54. The van der Waals surface area contributed by atoms with E-state index in [9.17, 15) is 9.59 Å². The van der Waals surface area contributed by atoms with E-state index in [0.717, 1.165) is 29.7 Å². The lowest BCUT2D eigenvalue weighted by atomic mass is 9.68. The molecule has 1 spiro atoms. The molecule has 1 aliphatic carbocycles. The van der Waals surface area contributed by atoms with Crippen molar-refractivity contribution in [3.8, 4) is 0 Å². The van der Waals surface area contributed by atoms with E-state index in [1.54, 1.807) is 10.9 Å². The van der Waals surface area contributed by atoms with Gasteiger partial charge in [-0.3, -0.25) is 9.48 Å². The molecule has 2 fully saturated rings. The first-order valence-corrected chi connectivity index (χ1v) is 10.3. The number of rotatable bonds is 4. The molecule has 2 amide bonds. The number of nitrogens with zero attached hydrogens (tertiary/aromatic N) is 3. The lowest BCUT2D eigenvalue weighted by Crippen LogP contribution is -2.57. The summed E-state index contributed by atoms with van der Waals surface area (Å²) >= 11 is 6.40. The minimum atomic E-state index is -0.558. The Morgan fingerprint density at radius 1 is 1.34 bits per heavy atom. The van der Waals surface area contributed by atoms with Crippen molar-refractivity contribution < 1.29 is 14.3 Å². The quantitative estimate of drug-likeness (QED) is 0.834. The molecule has 3 heterocycles. The van der Waals surface area contributed by atoms with Gasteiger partial charge in [0.15, 0.2) is 0 Å². The van der Waals surface area contributed by atoms with Crippen LogP contribution in [0.5, 0.6) is 0 Å². The fraction of sp³-hybridized carbons (Fsp3) is 0.476. The molecule has 1 aromatic carbocycles. The summed E-state index contributed by atoms with van der Waals surface area (Å²) in [5.41, 5.74) is 1.57. The third kappa shape index (κ3) is 2.60. The van der Waals surface area contributed by atoms with E-state index in [-0.39, 0.29) is 17.9 Å². The van der Waals surface area contributed by atoms with Crippen molar-refractivity contribution in [3.05, 3.63) is 52.3 Å². The Bertz CT molecular complexity index is 1000. The second-order valence-electron chi connectivity index (χ2n) is 8.52. The minimum Gasteiger partial charge on any atom is -0.441 e. The van der Waals surface area contributed by atoms with Gasteiger partial charge in [-0.1, -0.05) is 29.8 Å². The van der Waals surface area contributed by atoms with Gasteiger partial charge in [-0.05, 0) is 31.4 Å². The van der Waals surface area contributed by atoms with Crippen LogP contribution in [0, 0.1) is 5.92 Å². The van der Waals surface area contributed by atoms with Crippen molar-refractivity contribution in [2.45, 2.75) is 37.3 Å². The molecular formula is C21H23ClN4O3. The number of aromatic nitrogens is 2. The van der Waals surface area contributed by atoms with Crippen molar-refractivity contribution >= 4 is 23.6 Å². The van der Waals surface area contributed by atoms with Crippen molar-refractivity contribution in [2.75, 3.05) is 13.1 Å². The van der Waals surface area contributed by atoms with E-state index in [0.29, 0.717) is 24.5 Å². The smallest absolute Gasteiger partial charge is 0.407 e. The van der Waals surface area contributed by atoms with E-state index in [1.807, 2.05) is 36.2 Å². The zero-order valence-electron chi connectivity index (χ0n) is 16.4. The maximum atomic E-state index is 13.4. The molecular weight excluding hydrogens is 392 g/mol. The predicted octanol–water partition coefficient (Wildman–Crippen LogP) is 2.88. The minimum absolute atomic E-state index is 0.0146. The fourth-order valence-corrected chi connectivity index (χ4v) is 5.32. The number of hydrogen-bond donors (Lipinski definition) is 1. The average molecular weight is 415 g/mol. The maximum Gasteiger partial charge on any atom is 0.407 e. The monoisotopic (exact) mass is 414 g/mol. The third-order valence-corrected chi connectivity index (χ3v) is 7.31. The molecule has 1 saturated heterocycles. The molecule has 2 aliphatic heterocycles. The van der Waals surface area contributed by atoms with Crippen LogP contribution in [0.4, 0.5) is 4.79 Å². The molecule has 3 unspecified atom stereocenters. The molecule has 0 radical (unpaired) electrons. The second kappa shape index (κ2) is 6.23. The van der Waals surface area contributed by atoms with Gasteiger partial charge in [-0.25, -0.2) is 4.79 Å². The van der Waals surface area contributed by atoms with Crippen molar-refractivity contribution in [1.29, 1.82) is 0 Å². The Morgan fingerprint density at radius 3 is 2.76 bits per heavy atom. The number of nitrogens with one attached hydrogen (secondary N) is 1. The van der Waals surface area contributed by atoms with Crippen LogP contribution in [-0.4, -0.2) is 45.4 Å². The zero-order chi connectivity index (χ0) is 20.4. The molecule has 5 rings (SSSR count). The lowest BCUT2D eigenvalue weighted by molar-refractivity contribution is -0.0816. The van der Waals surface area contributed by atoms with Crippen LogP contribution in [0.2, 0.25) is 5.02 Å². The van der Waals surface area contributed by atoms with E-state index >= 15 is 0 Å². The predicted molar refractivity (Wildman–Crippen MR) is 107 cm³/mol. The second-order valence-corrected chi connectivity index (χ2v) is 8.93. The van der Waals surface area contributed by atoms with Crippen LogP contribution in [0.1, 0.15) is 41.4 Å². The number of ether oxygens (including phenoxy) is 1. The van der Waals surface area contributed by atoms with Gasteiger partial charge in [0.05, 0.1) is 29.0 Å². The fourth-order valence-electron chi connectivity index (χ4n) is 5.08. The molecule has 7 nitrogen and oxygen atoms in total. The molecule has 1 N–H and O–H groups in total. The average Bonchev–Trinajstić information content (AvgIpc) is 3.31. The number of halogens is 1. The van der Waals surface area contributed by atoms with E-state index in [4.69, 9.17) is 16.3 Å². The van der Waals surface area contributed by atoms with Crippen molar-refractivity contribution in [2.24, 2.45) is 13.0 Å². The van der Waals surface area contributed by atoms with Gasteiger partial charge in [0.2, 0.25) is 0 Å². The van der Waals surface area contributed by atoms with Crippen molar-refractivity contribution in [3.63, 3.8) is 0 Å². The Kier molecular flexibility index (Phi) is 3.97. The molecule has 2 aromatic rings. The topological polar surface area (TPSA) is 76.5 Å². The zero-order valence-corrected chi connectivity index (χ0v) is 17.2. The highest BCUT2D eigenvalue weighted by molar-refractivity contribution is 6.31. The van der Waals surface area contributed by atoms with Crippen molar-refractivity contribution in [1.82, 2.24) is 20.0 Å². The molecule has 3 atom stereocenters. The number of carbonyl (C=O) groups excluding carboxylic acids is 2. The standard InChI is InChI=1S/C21H23ClN4O3/c1-20(9-17-16(22)10-24-25(17)2)15-6-4-3-5-14(15)18(27)26(20)11-13-7-8-21(13)12-23-19(28)29-21/h3-6,10,13H,7-9,11-12H2,1-2H3,(H,23,28). The number of carbonyl (C=O) groups is 2. The molecule has 152 valence electrons.